The quantitative estimate of drug-likeness (QED) is 0.228. The minimum atomic E-state index is 1.03. The molecule has 0 saturated carbocycles. The van der Waals surface area contributed by atoms with E-state index < -0.39 is 0 Å². The minimum absolute atomic E-state index is 1.03. The van der Waals surface area contributed by atoms with Crippen molar-refractivity contribution in [1.29, 1.82) is 0 Å². The number of pyridine rings is 1. The van der Waals surface area contributed by atoms with E-state index in [0.717, 1.165) is 11.4 Å². The molecule has 0 aliphatic rings. The van der Waals surface area contributed by atoms with Crippen LogP contribution >= 0.6 is 0 Å². The van der Waals surface area contributed by atoms with Gasteiger partial charge >= 0.3 is 0 Å². The van der Waals surface area contributed by atoms with Crippen LogP contribution in [0, 0.1) is 20.8 Å². The predicted octanol–water partition coefficient (Wildman–Crippen LogP) is 10.1. The molecule has 2 heterocycles. The third kappa shape index (κ3) is 4.69. The van der Waals surface area contributed by atoms with Crippen molar-refractivity contribution < 1.29 is 0 Å². The van der Waals surface area contributed by atoms with E-state index in [0.29, 0.717) is 0 Å². The van der Waals surface area contributed by atoms with Gasteiger partial charge in [-0.15, -0.1) is 0 Å². The maximum atomic E-state index is 4.94. The van der Waals surface area contributed by atoms with Gasteiger partial charge in [-0.05, 0) is 67.3 Å². The van der Waals surface area contributed by atoms with Crippen LogP contribution in [0.15, 0.2) is 140 Å². The van der Waals surface area contributed by atoms with Gasteiger partial charge in [0.25, 0.3) is 0 Å². The van der Waals surface area contributed by atoms with Crippen molar-refractivity contribution >= 4 is 21.8 Å². The van der Waals surface area contributed by atoms with Crippen molar-refractivity contribution in [3.8, 4) is 28.1 Å². The number of aromatic nitrogens is 2. The molecule has 0 saturated heterocycles. The molecule has 194 valence electrons. The SMILES string of the molecule is Cc1ccccc1.Cc1ccccc1-c1cccc(-c2nccc3c2c2ccccc2n3-c2ccccc2)c1C. The van der Waals surface area contributed by atoms with Gasteiger partial charge in [-0.1, -0.05) is 115 Å². The Labute approximate surface area is 236 Å². The average Bonchev–Trinajstić information content (AvgIpc) is 3.34. The third-order valence-electron chi connectivity index (χ3n) is 7.56. The average molecular weight is 517 g/mol. The highest BCUT2D eigenvalue weighted by Crippen LogP contribution is 2.40. The zero-order valence-corrected chi connectivity index (χ0v) is 23.2. The monoisotopic (exact) mass is 516 g/mol. The van der Waals surface area contributed by atoms with Crippen molar-refractivity contribution in [1.82, 2.24) is 9.55 Å². The van der Waals surface area contributed by atoms with Gasteiger partial charge in [0, 0.05) is 28.2 Å². The molecule has 0 spiro atoms. The van der Waals surface area contributed by atoms with E-state index in [1.54, 1.807) is 0 Å². The fourth-order valence-electron chi connectivity index (χ4n) is 5.57. The molecular weight excluding hydrogens is 484 g/mol. The maximum absolute atomic E-state index is 4.94. The first-order chi connectivity index (χ1) is 19.6. The fraction of sp³-hybridized carbons (Fsp3) is 0.0789. The Morgan fingerprint density at radius 3 is 1.85 bits per heavy atom. The summed E-state index contributed by atoms with van der Waals surface area (Å²) in [4.78, 5) is 4.94. The van der Waals surface area contributed by atoms with E-state index in [2.05, 4.69) is 141 Å². The lowest BCUT2D eigenvalue weighted by Crippen LogP contribution is -1.95. The van der Waals surface area contributed by atoms with Gasteiger partial charge in [-0.3, -0.25) is 4.98 Å². The second kappa shape index (κ2) is 11.0. The number of fused-ring (bicyclic) bond motifs is 3. The summed E-state index contributed by atoms with van der Waals surface area (Å²) in [6.07, 6.45) is 1.94. The summed E-state index contributed by atoms with van der Waals surface area (Å²) in [5.41, 5.74) is 12.1. The third-order valence-corrected chi connectivity index (χ3v) is 7.56. The van der Waals surface area contributed by atoms with Crippen LogP contribution in [0.5, 0.6) is 0 Å². The van der Waals surface area contributed by atoms with Gasteiger partial charge in [0.05, 0.1) is 16.7 Å². The normalized spacial score (nSPS) is 10.9. The highest BCUT2D eigenvalue weighted by atomic mass is 15.0. The Bertz CT molecular complexity index is 1910. The standard InChI is InChI=1S/C31H24N2.C7H8/c1-21-11-6-7-14-24(21)25-16-10-17-26(22(25)2)31-30-27-15-8-9-18-28(27)33(29(30)19-20-32-31)23-12-4-3-5-13-23;1-7-5-3-2-4-6-7/h3-20H,1-2H3;2-6H,1H3. The number of hydrogen-bond acceptors (Lipinski definition) is 1. The largest absolute Gasteiger partial charge is 0.309 e. The zero-order valence-electron chi connectivity index (χ0n) is 23.2. The number of aryl methyl sites for hydroxylation is 2. The zero-order chi connectivity index (χ0) is 27.5. The highest BCUT2D eigenvalue weighted by molar-refractivity contribution is 6.15. The van der Waals surface area contributed by atoms with Crippen molar-refractivity contribution in [3.63, 3.8) is 0 Å². The molecule has 0 fully saturated rings. The molecule has 2 nitrogen and oxygen atoms in total. The Kier molecular flexibility index (Phi) is 6.99. The molecule has 0 unspecified atom stereocenters. The topological polar surface area (TPSA) is 17.8 Å². The van der Waals surface area contributed by atoms with Gasteiger partial charge < -0.3 is 4.57 Å². The van der Waals surface area contributed by atoms with Crippen LogP contribution in [-0.2, 0) is 0 Å². The highest BCUT2D eigenvalue weighted by Gasteiger charge is 2.18. The first-order valence-corrected chi connectivity index (χ1v) is 13.7. The molecule has 0 radical (unpaired) electrons. The van der Waals surface area contributed by atoms with Crippen molar-refractivity contribution in [2.45, 2.75) is 20.8 Å². The van der Waals surface area contributed by atoms with Crippen molar-refractivity contribution in [2.24, 2.45) is 0 Å². The summed E-state index contributed by atoms with van der Waals surface area (Å²) in [5.74, 6) is 0. The molecule has 0 aliphatic heterocycles. The molecule has 2 aromatic heterocycles. The van der Waals surface area contributed by atoms with Crippen LogP contribution in [0.4, 0.5) is 0 Å². The first kappa shape index (κ1) is 25.3. The molecule has 0 amide bonds. The van der Waals surface area contributed by atoms with E-state index >= 15 is 0 Å². The Morgan fingerprint density at radius 2 is 1.12 bits per heavy atom. The fourth-order valence-corrected chi connectivity index (χ4v) is 5.57. The Hall–Kier alpha value is -4.95. The van der Waals surface area contributed by atoms with E-state index in [4.69, 9.17) is 4.98 Å². The summed E-state index contributed by atoms with van der Waals surface area (Å²) in [5, 5.41) is 2.42. The van der Waals surface area contributed by atoms with Gasteiger partial charge in [-0.25, -0.2) is 0 Å². The summed E-state index contributed by atoms with van der Waals surface area (Å²) in [6, 6.07) is 46.8. The van der Waals surface area contributed by atoms with Crippen LogP contribution in [0.2, 0.25) is 0 Å². The van der Waals surface area contributed by atoms with Crippen LogP contribution in [0.3, 0.4) is 0 Å². The molecule has 0 atom stereocenters. The molecule has 0 aliphatic carbocycles. The summed E-state index contributed by atoms with van der Waals surface area (Å²) < 4.78 is 2.34. The summed E-state index contributed by atoms with van der Waals surface area (Å²) >= 11 is 0. The van der Waals surface area contributed by atoms with Gasteiger partial charge in [-0.2, -0.15) is 0 Å². The summed E-state index contributed by atoms with van der Waals surface area (Å²) in [7, 11) is 0. The minimum Gasteiger partial charge on any atom is -0.309 e. The van der Waals surface area contributed by atoms with Crippen molar-refractivity contribution in [2.75, 3.05) is 0 Å². The molecule has 7 rings (SSSR count). The van der Waals surface area contributed by atoms with E-state index in [-0.39, 0.29) is 0 Å². The first-order valence-electron chi connectivity index (χ1n) is 13.7. The molecule has 7 aromatic rings. The van der Waals surface area contributed by atoms with E-state index in [1.807, 2.05) is 24.4 Å². The van der Waals surface area contributed by atoms with Gasteiger partial charge in [0.2, 0.25) is 0 Å². The maximum Gasteiger partial charge on any atom is 0.0805 e. The van der Waals surface area contributed by atoms with E-state index in [9.17, 15) is 0 Å². The van der Waals surface area contributed by atoms with Crippen LogP contribution in [0.1, 0.15) is 16.7 Å². The van der Waals surface area contributed by atoms with Gasteiger partial charge in [0.1, 0.15) is 0 Å². The lowest BCUT2D eigenvalue weighted by atomic mass is 9.91. The summed E-state index contributed by atoms with van der Waals surface area (Å²) in [6.45, 7) is 6.47. The smallest absolute Gasteiger partial charge is 0.0805 e. The number of para-hydroxylation sites is 2. The lowest BCUT2D eigenvalue weighted by molar-refractivity contribution is 1.17. The van der Waals surface area contributed by atoms with Gasteiger partial charge in [0.15, 0.2) is 0 Å². The molecule has 0 N–H and O–H groups in total. The second-order valence-electron chi connectivity index (χ2n) is 10.2. The Morgan fingerprint density at radius 1 is 0.500 bits per heavy atom. The molecule has 2 heteroatoms. The number of rotatable bonds is 3. The van der Waals surface area contributed by atoms with Crippen LogP contribution in [-0.4, -0.2) is 9.55 Å². The number of nitrogens with zero attached hydrogens (tertiary/aromatic N) is 2. The van der Waals surface area contributed by atoms with Crippen molar-refractivity contribution in [3.05, 3.63) is 156 Å². The molecule has 5 aromatic carbocycles. The molecular formula is C38H32N2. The van der Waals surface area contributed by atoms with Crippen LogP contribution in [0.25, 0.3) is 49.9 Å². The Balaban J connectivity index is 0.000000363. The number of hydrogen-bond donors (Lipinski definition) is 0. The number of benzene rings is 5. The van der Waals surface area contributed by atoms with Crippen LogP contribution < -0.4 is 0 Å². The lowest BCUT2D eigenvalue weighted by Gasteiger charge is -2.14. The predicted molar refractivity (Wildman–Crippen MR) is 170 cm³/mol. The molecule has 40 heavy (non-hydrogen) atoms. The second-order valence-corrected chi connectivity index (χ2v) is 10.2. The van der Waals surface area contributed by atoms with E-state index in [1.165, 1.54) is 55.2 Å². The molecule has 0 bridgehead atoms.